The van der Waals surface area contributed by atoms with Crippen LogP contribution in [0, 0.1) is 17.5 Å². The molecule has 0 saturated carbocycles. The monoisotopic (exact) mass is 300 g/mol. The fourth-order valence-corrected chi connectivity index (χ4v) is 2.02. The largest absolute Gasteiger partial charge is 0.271 e. The van der Waals surface area contributed by atoms with Crippen molar-refractivity contribution in [3.8, 4) is 0 Å². The highest BCUT2D eigenvalue weighted by Crippen LogP contribution is 2.23. The smallest absolute Gasteiger partial charge is 0.159 e. The highest BCUT2D eigenvalue weighted by molar-refractivity contribution is 6.30. The second-order valence-electron chi connectivity index (χ2n) is 4.35. The maximum Gasteiger partial charge on any atom is 0.159 e. The summed E-state index contributed by atoms with van der Waals surface area (Å²) in [7, 11) is 0. The zero-order chi connectivity index (χ0) is 14.7. The van der Waals surface area contributed by atoms with Gasteiger partial charge in [0.15, 0.2) is 11.6 Å². The van der Waals surface area contributed by atoms with Crippen LogP contribution in [0.5, 0.6) is 0 Å². The van der Waals surface area contributed by atoms with Gasteiger partial charge in [0, 0.05) is 0 Å². The van der Waals surface area contributed by atoms with Crippen LogP contribution in [-0.2, 0) is 6.42 Å². The Morgan fingerprint density at radius 3 is 2.35 bits per heavy atom. The molecule has 0 fully saturated rings. The van der Waals surface area contributed by atoms with Crippen molar-refractivity contribution >= 4 is 11.6 Å². The topological polar surface area (TPSA) is 38.0 Å². The number of nitrogens with two attached hydrogens (primary N) is 1. The maximum absolute atomic E-state index is 13.4. The molecule has 0 aliphatic carbocycles. The molecule has 0 heterocycles. The van der Waals surface area contributed by atoms with Gasteiger partial charge in [0.1, 0.15) is 5.82 Å². The quantitative estimate of drug-likeness (QED) is 0.670. The first-order valence-corrected chi connectivity index (χ1v) is 6.24. The van der Waals surface area contributed by atoms with Crippen LogP contribution in [0.15, 0.2) is 36.4 Å². The first-order chi connectivity index (χ1) is 9.51. The number of rotatable bonds is 4. The predicted molar refractivity (Wildman–Crippen MR) is 71.5 cm³/mol. The van der Waals surface area contributed by atoms with Gasteiger partial charge in [0.05, 0.1) is 11.1 Å². The van der Waals surface area contributed by atoms with E-state index < -0.39 is 23.5 Å². The molecule has 0 bridgehead atoms. The van der Waals surface area contributed by atoms with Crippen LogP contribution < -0.4 is 11.3 Å². The summed E-state index contributed by atoms with van der Waals surface area (Å²) in [4.78, 5) is 0. The van der Waals surface area contributed by atoms with Gasteiger partial charge in [-0.15, -0.1) is 0 Å². The van der Waals surface area contributed by atoms with Crippen LogP contribution in [0.25, 0.3) is 0 Å². The Bertz CT molecular complexity index is 619. The van der Waals surface area contributed by atoms with Gasteiger partial charge in [-0.05, 0) is 41.8 Å². The molecule has 6 heteroatoms. The summed E-state index contributed by atoms with van der Waals surface area (Å²) in [6.45, 7) is 0. The van der Waals surface area contributed by atoms with Crippen molar-refractivity contribution in [2.24, 2.45) is 5.84 Å². The van der Waals surface area contributed by atoms with Crippen LogP contribution >= 0.6 is 11.6 Å². The Labute approximate surface area is 119 Å². The van der Waals surface area contributed by atoms with Gasteiger partial charge in [-0.1, -0.05) is 23.7 Å². The summed E-state index contributed by atoms with van der Waals surface area (Å²) in [6.07, 6.45) is 0.286. The molecule has 20 heavy (non-hydrogen) atoms. The lowest BCUT2D eigenvalue weighted by Gasteiger charge is -2.17. The molecule has 0 spiro atoms. The molecular formula is C14H12ClF3N2. The fourth-order valence-electron chi connectivity index (χ4n) is 1.90. The highest BCUT2D eigenvalue weighted by atomic mass is 35.5. The SMILES string of the molecule is NNC(Cc1ccc(F)c(F)c1)c1ccc(Cl)c(F)c1. The summed E-state index contributed by atoms with van der Waals surface area (Å²) >= 11 is 5.61. The van der Waals surface area contributed by atoms with Gasteiger partial charge in [-0.25, -0.2) is 13.2 Å². The van der Waals surface area contributed by atoms with Gasteiger partial charge >= 0.3 is 0 Å². The van der Waals surface area contributed by atoms with E-state index in [1.807, 2.05) is 0 Å². The minimum absolute atomic E-state index is 0.0114. The van der Waals surface area contributed by atoms with Crippen molar-refractivity contribution in [1.29, 1.82) is 0 Å². The number of hydrazine groups is 1. The Morgan fingerprint density at radius 2 is 1.75 bits per heavy atom. The summed E-state index contributed by atoms with van der Waals surface area (Å²) in [5.41, 5.74) is 3.63. The molecule has 2 nitrogen and oxygen atoms in total. The Morgan fingerprint density at radius 1 is 1.00 bits per heavy atom. The molecular weight excluding hydrogens is 289 g/mol. The third-order valence-corrected chi connectivity index (χ3v) is 3.28. The number of halogens is 4. The van der Waals surface area contributed by atoms with Crippen LogP contribution in [0.3, 0.4) is 0 Å². The summed E-state index contributed by atoms with van der Waals surface area (Å²) in [5.74, 6) is 3.03. The standard InChI is InChI=1S/C14H12ClF3N2/c15-10-3-2-9(7-12(10)17)14(20-19)6-8-1-4-11(16)13(18)5-8/h1-5,7,14,20H,6,19H2. The molecule has 0 amide bonds. The summed E-state index contributed by atoms with van der Waals surface area (Å²) < 4.78 is 39.4. The van der Waals surface area contributed by atoms with Gasteiger partial charge < -0.3 is 0 Å². The number of hydrogen-bond donors (Lipinski definition) is 2. The zero-order valence-corrected chi connectivity index (χ0v) is 11.1. The van der Waals surface area contributed by atoms with E-state index in [-0.39, 0.29) is 11.4 Å². The number of hydrogen-bond acceptors (Lipinski definition) is 2. The van der Waals surface area contributed by atoms with E-state index in [1.165, 1.54) is 18.2 Å². The molecule has 2 rings (SSSR count). The van der Waals surface area contributed by atoms with Gasteiger partial charge in [0.2, 0.25) is 0 Å². The van der Waals surface area contributed by atoms with Crippen LogP contribution in [0.2, 0.25) is 5.02 Å². The Kier molecular flexibility index (Phi) is 4.65. The van der Waals surface area contributed by atoms with Gasteiger partial charge in [-0.2, -0.15) is 0 Å². The lowest BCUT2D eigenvalue weighted by Crippen LogP contribution is -2.29. The molecule has 0 aliphatic rings. The average Bonchev–Trinajstić information content (AvgIpc) is 2.43. The summed E-state index contributed by atoms with van der Waals surface area (Å²) in [5, 5.41) is 0.0114. The Hall–Kier alpha value is -1.56. The first kappa shape index (κ1) is 14.8. The van der Waals surface area contributed by atoms with E-state index >= 15 is 0 Å². The van der Waals surface area contributed by atoms with Crippen molar-refractivity contribution in [1.82, 2.24) is 5.43 Å². The lowest BCUT2D eigenvalue weighted by atomic mass is 9.99. The lowest BCUT2D eigenvalue weighted by molar-refractivity contribution is 0.502. The molecule has 0 aromatic heterocycles. The van der Waals surface area contributed by atoms with Crippen molar-refractivity contribution in [2.45, 2.75) is 12.5 Å². The van der Waals surface area contributed by atoms with Crippen molar-refractivity contribution in [3.05, 3.63) is 70.0 Å². The van der Waals surface area contributed by atoms with Crippen LogP contribution in [0.1, 0.15) is 17.2 Å². The minimum atomic E-state index is -0.930. The predicted octanol–water partition coefficient (Wildman–Crippen LogP) is 3.50. The average molecular weight is 301 g/mol. The third-order valence-electron chi connectivity index (χ3n) is 2.97. The fraction of sp³-hybridized carbons (Fsp3) is 0.143. The van der Waals surface area contributed by atoms with Crippen molar-refractivity contribution in [2.75, 3.05) is 0 Å². The molecule has 3 N–H and O–H groups in total. The van der Waals surface area contributed by atoms with Crippen molar-refractivity contribution in [3.63, 3.8) is 0 Å². The molecule has 0 saturated heterocycles. The molecule has 1 atom stereocenters. The molecule has 1 unspecified atom stereocenters. The maximum atomic E-state index is 13.4. The second-order valence-corrected chi connectivity index (χ2v) is 4.75. The van der Waals surface area contributed by atoms with Crippen molar-refractivity contribution < 1.29 is 13.2 Å². The van der Waals surface area contributed by atoms with Gasteiger partial charge in [-0.3, -0.25) is 11.3 Å². The van der Waals surface area contributed by atoms with Gasteiger partial charge in [0.25, 0.3) is 0 Å². The molecule has 2 aromatic rings. The number of benzene rings is 2. The Balaban J connectivity index is 2.23. The minimum Gasteiger partial charge on any atom is -0.271 e. The van der Waals surface area contributed by atoms with E-state index in [0.717, 1.165) is 12.1 Å². The van der Waals surface area contributed by atoms with Crippen LogP contribution in [-0.4, -0.2) is 0 Å². The normalized spacial score (nSPS) is 12.4. The van der Waals surface area contributed by atoms with E-state index in [4.69, 9.17) is 17.4 Å². The van der Waals surface area contributed by atoms with E-state index in [0.29, 0.717) is 11.1 Å². The highest BCUT2D eigenvalue weighted by Gasteiger charge is 2.14. The molecule has 106 valence electrons. The van der Waals surface area contributed by atoms with E-state index in [2.05, 4.69) is 5.43 Å². The van der Waals surface area contributed by atoms with E-state index in [9.17, 15) is 13.2 Å². The van der Waals surface area contributed by atoms with E-state index in [1.54, 1.807) is 6.07 Å². The molecule has 2 aromatic carbocycles. The molecule has 0 aliphatic heterocycles. The number of nitrogens with one attached hydrogen (secondary N) is 1. The zero-order valence-electron chi connectivity index (χ0n) is 10.3. The molecule has 0 radical (unpaired) electrons. The first-order valence-electron chi connectivity index (χ1n) is 5.86. The summed E-state index contributed by atoms with van der Waals surface area (Å²) in [6, 6.07) is 7.44. The third kappa shape index (κ3) is 3.30. The second kappa shape index (κ2) is 6.26. The van der Waals surface area contributed by atoms with Crippen LogP contribution in [0.4, 0.5) is 13.2 Å².